The molecule has 2 nitrogen and oxygen atoms in total. The molecule has 0 aromatic rings. The molecule has 2 heteroatoms. The van der Waals surface area contributed by atoms with Gasteiger partial charge in [-0.15, -0.1) is 0 Å². The lowest BCUT2D eigenvalue weighted by Crippen LogP contribution is -2.33. The number of rotatable bonds is 4. The predicted octanol–water partition coefficient (Wildman–Crippen LogP) is 0.681. The normalized spacial score (nSPS) is 13.9. The molecule has 0 unspecified atom stereocenters. The first-order chi connectivity index (χ1) is 3.81. The Morgan fingerprint density at radius 1 is 1.62 bits per heavy atom. The summed E-state index contributed by atoms with van der Waals surface area (Å²) >= 11 is 0. The summed E-state index contributed by atoms with van der Waals surface area (Å²) in [6.07, 6.45) is 3.75. The maximum absolute atomic E-state index is 5.55. The first kappa shape index (κ1) is 7.92. The Morgan fingerprint density at radius 2 is 2.25 bits per heavy atom. The molecule has 3 N–H and O–H groups in total. The molecule has 0 saturated heterocycles. The molecule has 0 radical (unpaired) electrons. The summed E-state index contributed by atoms with van der Waals surface area (Å²) in [5, 5.41) is 2.98. The summed E-state index contributed by atoms with van der Waals surface area (Å²) in [6.45, 7) is 2.17. The average molecular weight is 116 g/mol. The lowest BCUT2D eigenvalue weighted by atomic mass is 10.2. The molecule has 0 bridgehead atoms. The highest BCUT2D eigenvalue weighted by atomic mass is 15.0. The third kappa shape index (κ3) is 4.09. The van der Waals surface area contributed by atoms with Crippen LogP contribution in [-0.4, -0.2) is 13.2 Å². The van der Waals surface area contributed by atoms with Gasteiger partial charge in [0.1, 0.15) is 0 Å². The lowest BCUT2D eigenvalue weighted by Gasteiger charge is -2.07. The molecule has 0 heterocycles. The van der Waals surface area contributed by atoms with Gasteiger partial charge in [-0.25, -0.2) is 0 Å². The molecule has 8 heavy (non-hydrogen) atoms. The van der Waals surface area contributed by atoms with Gasteiger partial charge in [-0.05, 0) is 13.5 Å². The second-order valence-electron chi connectivity index (χ2n) is 2.04. The number of nitrogens with one attached hydrogen (secondary N) is 1. The van der Waals surface area contributed by atoms with E-state index in [1.807, 2.05) is 7.05 Å². The van der Waals surface area contributed by atoms with Gasteiger partial charge in [-0.1, -0.05) is 19.8 Å². The predicted molar refractivity (Wildman–Crippen MR) is 36.6 cm³/mol. The summed E-state index contributed by atoms with van der Waals surface area (Å²) < 4.78 is 0. The summed E-state index contributed by atoms with van der Waals surface area (Å²) in [4.78, 5) is 0. The van der Waals surface area contributed by atoms with E-state index in [1.54, 1.807) is 0 Å². The van der Waals surface area contributed by atoms with E-state index in [2.05, 4.69) is 12.2 Å². The average Bonchev–Trinajstić information content (AvgIpc) is 1.83. The van der Waals surface area contributed by atoms with Gasteiger partial charge in [0, 0.05) is 0 Å². The van der Waals surface area contributed by atoms with E-state index in [4.69, 9.17) is 5.73 Å². The maximum atomic E-state index is 5.55. The van der Waals surface area contributed by atoms with Crippen molar-refractivity contribution < 1.29 is 0 Å². The van der Waals surface area contributed by atoms with Crippen LogP contribution in [0.3, 0.4) is 0 Å². The first-order valence-corrected chi connectivity index (χ1v) is 3.24. The second-order valence-corrected chi connectivity index (χ2v) is 2.04. The number of unbranched alkanes of at least 4 members (excludes halogenated alkanes) is 1. The quantitative estimate of drug-likeness (QED) is 0.530. The van der Waals surface area contributed by atoms with Crippen LogP contribution in [0.5, 0.6) is 0 Å². The molecule has 50 valence electrons. The van der Waals surface area contributed by atoms with Crippen LogP contribution in [0, 0.1) is 0 Å². The van der Waals surface area contributed by atoms with Crippen LogP contribution in [-0.2, 0) is 0 Å². The van der Waals surface area contributed by atoms with E-state index >= 15 is 0 Å². The molecular formula is C6H16N2. The molecule has 0 aromatic heterocycles. The molecule has 0 spiro atoms. The summed E-state index contributed by atoms with van der Waals surface area (Å²) in [5.74, 6) is 0. The standard InChI is InChI=1S/C6H16N2/c1-3-4-5-6(7)8-2/h6,8H,3-5,7H2,1-2H3/t6-/m0/s1. The minimum absolute atomic E-state index is 0.204. The fraction of sp³-hybridized carbons (Fsp3) is 1.00. The van der Waals surface area contributed by atoms with E-state index in [1.165, 1.54) is 12.8 Å². The molecule has 0 fully saturated rings. The monoisotopic (exact) mass is 116 g/mol. The highest BCUT2D eigenvalue weighted by Crippen LogP contribution is 1.93. The van der Waals surface area contributed by atoms with Crippen molar-refractivity contribution in [1.82, 2.24) is 5.32 Å². The van der Waals surface area contributed by atoms with Crippen LogP contribution in [0.15, 0.2) is 0 Å². The van der Waals surface area contributed by atoms with Gasteiger partial charge >= 0.3 is 0 Å². The summed E-state index contributed by atoms with van der Waals surface area (Å²) in [5.41, 5.74) is 5.55. The second kappa shape index (κ2) is 5.06. The van der Waals surface area contributed by atoms with Crippen molar-refractivity contribution in [3.05, 3.63) is 0 Å². The van der Waals surface area contributed by atoms with Crippen LogP contribution in [0.25, 0.3) is 0 Å². The van der Waals surface area contributed by atoms with Crippen LogP contribution < -0.4 is 11.1 Å². The van der Waals surface area contributed by atoms with Crippen molar-refractivity contribution in [2.75, 3.05) is 7.05 Å². The van der Waals surface area contributed by atoms with Crippen LogP contribution >= 0.6 is 0 Å². The van der Waals surface area contributed by atoms with Crippen molar-refractivity contribution in [3.8, 4) is 0 Å². The Labute approximate surface area is 51.5 Å². The Balaban J connectivity index is 2.86. The third-order valence-corrected chi connectivity index (χ3v) is 1.24. The van der Waals surface area contributed by atoms with Crippen molar-refractivity contribution in [2.24, 2.45) is 5.73 Å². The fourth-order valence-electron chi connectivity index (χ4n) is 0.568. The highest BCUT2D eigenvalue weighted by molar-refractivity contribution is 4.52. The molecule has 0 aliphatic rings. The third-order valence-electron chi connectivity index (χ3n) is 1.24. The van der Waals surface area contributed by atoms with Gasteiger partial charge in [0.05, 0.1) is 6.17 Å². The van der Waals surface area contributed by atoms with Gasteiger partial charge < -0.3 is 11.1 Å². The van der Waals surface area contributed by atoms with Gasteiger partial charge in [-0.2, -0.15) is 0 Å². The largest absolute Gasteiger partial charge is 0.316 e. The Hall–Kier alpha value is -0.0800. The lowest BCUT2D eigenvalue weighted by molar-refractivity contribution is 0.517. The molecule has 0 amide bonds. The van der Waals surface area contributed by atoms with Crippen molar-refractivity contribution >= 4 is 0 Å². The molecule has 0 aliphatic heterocycles. The minimum atomic E-state index is 0.204. The fourth-order valence-corrected chi connectivity index (χ4v) is 0.568. The molecule has 1 atom stereocenters. The summed E-state index contributed by atoms with van der Waals surface area (Å²) in [7, 11) is 1.89. The molecular weight excluding hydrogens is 100 g/mol. The van der Waals surface area contributed by atoms with Gasteiger partial charge in [-0.3, -0.25) is 0 Å². The van der Waals surface area contributed by atoms with E-state index in [9.17, 15) is 0 Å². The Bertz CT molecular complexity index is 45.8. The minimum Gasteiger partial charge on any atom is -0.316 e. The highest BCUT2D eigenvalue weighted by Gasteiger charge is 1.93. The van der Waals surface area contributed by atoms with Crippen molar-refractivity contribution in [2.45, 2.75) is 32.4 Å². The summed E-state index contributed by atoms with van der Waals surface area (Å²) in [6, 6.07) is 0. The van der Waals surface area contributed by atoms with Crippen LogP contribution in [0.2, 0.25) is 0 Å². The van der Waals surface area contributed by atoms with Gasteiger partial charge in [0.15, 0.2) is 0 Å². The topological polar surface area (TPSA) is 38.0 Å². The maximum Gasteiger partial charge on any atom is 0.0543 e. The van der Waals surface area contributed by atoms with E-state index < -0.39 is 0 Å². The van der Waals surface area contributed by atoms with Crippen molar-refractivity contribution in [3.63, 3.8) is 0 Å². The van der Waals surface area contributed by atoms with Gasteiger partial charge in [0.2, 0.25) is 0 Å². The SMILES string of the molecule is CCCC[C@@H](N)NC. The first-order valence-electron chi connectivity index (χ1n) is 3.24. The zero-order valence-electron chi connectivity index (χ0n) is 5.78. The zero-order chi connectivity index (χ0) is 6.41. The zero-order valence-corrected chi connectivity index (χ0v) is 5.78. The smallest absolute Gasteiger partial charge is 0.0543 e. The molecule has 0 aromatic carbocycles. The van der Waals surface area contributed by atoms with E-state index in [0.717, 1.165) is 6.42 Å². The van der Waals surface area contributed by atoms with Gasteiger partial charge in [0.25, 0.3) is 0 Å². The number of nitrogens with two attached hydrogens (primary N) is 1. The number of hydrogen-bond donors (Lipinski definition) is 2. The van der Waals surface area contributed by atoms with E-state index in [0.29, 0.717) is 0 Å². The molecule has 0 aliphatic carbocycles. The van der Waals surface area contributed by atoms with E-state index in [-0.39, 0.29) is 6.17 Å². The van der Waals surface area contributed by atoms with Crippen LogP contribution in [0.4, 0.5) is 0 Å². The van der Waals surface area contributed by atoms with Crippen molar-refractivity contribution in [1.29, 1.82) is 0 Å². The Morgan fingerprint density at radius 3 is 2.62 bits per heavy atom. The van der Waals surface area contributed by atoms with Crippen LogP contribution in [0.1, 0.15) is 26.2 Å². The number of hydrogen-bond acceptors (Lipinski definition) is 2. The Kier molecular flexibility index (Phi) is 5.01. The molecule has 0 saturated carbocycles. The molecule has 0 rings (SSSR count).